The Bertz CT molecular complexity index is 144. The average molecular weight is 160 g/mol. The lowest BCUT2D eigenvalue weighted by atomic mass is 9.98. The maximum Gasteiger partial charge on any atom is 0.309 e. The van der Waals surface area contributed by atoms with Crippen LogP contribution in [0.3, 0.4) is 0 Å². The van der Waals surface area contributed by atoms with Gasteiger partial charge in [0.15, 0.2) is 5.60 Å². The molecule has 66 valence electrons. The van der Waals surface area contributed by atoms with Gasteiger partial charge in [0, 0.05) is 0 Å². The largest absolute Gasteiger partial charge is 0.341 e. The van der Waals surface area contributed by atoms with E-state index in [1.165, 1.54) is 0 Å². The van der Waals surface area contributed by atoms with Crippen LogP contribution in [-0.4, -0.2) is 21.8 Å². The molecule has 1 rings (SSSR count). The summed E-state index contributed by atoms with van der Waals surface area (Å²) in [5.41, 5.74) is -0.650. The third-order valence-electron chi connectivity index (χ3n) is 2.39. The van der Waals surface area contributed by atoms with Gasteiger partial charge in [-0.25, -0.2) is 0 Å². The first-order valence-corrected chi connectivity index (χ1v) is 4.23. The normalized spacial score (nSPS) is 33.8. The summed E-state index contributed by atoms with van der Waals surface area (Å²) in [6.45, 7) is 3.98. The highest BCUT2D eigenvalue weighted by Crippen LogP contribution is 2.49. The highest BCUT2D eigenvalue weighted by atomic mass is 16.9. The Morgan fingerprint density at radius 1 is 1.27 bits per heavy atom. The van der Waals surface area contributed by atoms with E-state index in [-0.39, 0.29) is 0 Å². The third-order valence-corrected chi connectivity index (χ3v) is 2.39. The molecule has 0 aromatic rings. The maximum atomic E-state index is 9.10. The number of ether oxygens (including phenoxy) is 1. The second-order valence-electron chi connectivity index (χ2n) is 3.16. The van der Waals surface area contributed by atoms with E-state index >= 15 is 0 Å². The fourth-order valence-corrected chi connectivity index (χ4v) is 1.40. The average Bonchev–Trinajstić information content (AvgIpc) is 2.50. The SMILES string of the molecule is CCCCC1(CC)OC1(O)O. The van der Waals surface area contributed by atoms with Crippen molar-refractivity contribution in [1.82, 2.24) is 0 Å². The van der Waals surface area contributed by atoms with E-state index in [4.69, 9.17) is 14.9 Å². The van der Waals surface area contributed by atoms with Gasteiger partial charge >= 0.3 is 5.97 Å². The molecule has 11 heavy (non-hydrogen) atoms. The van der Waals surface area contributed by atoms with E-state index in [1.807, 2.05) is 6.92 Å². The molecule has 0 bridgehead atoms. The monoisotopic (exact) mass is 160 g/mol. The van der Waals surface area contributed by atoms with Crippen molar-refractivity contribution in [2.45, 2.75) is 51.1 Å². The smallest absolute Gasteiger partial charge is 0.309 e. The van der Waals surface area contributed by atoms with Crippen LogP contribution >= 0.6 is 0 Å². The van der Waals surface area contributed by atoms with Gasteiger partial charge in [0.25, 0.3) is 0 Å². The lowest BCUT2D eigenvalue weighted by Crippen LogP contribution is -2.24. The minimum atomic E-state index is -1.84. The van der Waals surface area contributed by atoms with Crippen LogP contribution < -0.4 is 0 Å². The van der Waals surface area contributed by atoms with Crippen molar-refractivity contribution in [1.29, 1.82) is 0 Å². The molecule has 0 aliphatic carbocycles. The minimum Gasteiger partial charge on any atom is -0.341 e. The van der Waals surface area contributed by atoms with Crippen LogP contribution in [0.4, 0.5) is 0 Å². The van der Waals surface area contributed by atoms with E-state index in [2.05, 4.69) is 6.92 Å². The van der Waals surface area contributed by atoms with Crippen molar-refractivity contribution in [3.63, 3.8) is 0 Å². The molecule has 0 aromatic heterocycles. The molecule has 0 saturated carbocycles. The fraction of sp³-hybridized carbons (Fsp3) is 1.00. The van der Waals surface area contributed by atoms with Gasteiger partial charge in [-0.05, 0) is 12.8 Å². The summed E-state index contributed by atoms with van der Waals surface area (Å²) in [6.07, 6.45) is 3.45. The van der Waals surface area contributed by atoms with Crippen molar-refractivity contribution >= 4 is 0 Å². The van der Waals surface area contributed by atoms with Gasteiger partial charge in [-0.2, -0.15) is 0 Å². The van der Waals surface area contributed by atoms with Gasteiger partial charge in [-0.1, -0.05) is 26.7 Å². The van der Waals surface area contributed by atoms with Crippen LogP contribution in [-0.2, 0) is 4.74 Å². The Kier molecular flexibility index (Phi) is 2.23. The zero-order valence-electron chi connectivity index (χ0n) is 7.13. The highest BCUT2D eigenvalue weighted by molar-refractivity contribution is 5.00. The Hall–Kier alpha value is -0.120. The van der Waals surface area contributed by atoms with Crippen LogP contribution in [0.2, 0.25) is 0 Å². The van der Waals surface area contributed by atoms with Crippen molar-refractivity contribution in [2.75, 3.05) is 0 Å². The number of rotatable bonds is 4. The molecular weight excluding hydrogens is 144 g/mol. The molecule has 3 nitrogen and oxygen atoms in total. The summed E-state index contributed by atoms with van der Waals surface area (Å²) in [7, 11) is 0. The van der Waals surface area contributed by atoms with E-state index in [0.29, 0.717) is 6.42 Å². The maximum absolute atomic E-state index is 9.10. The molecule has 1 fully saturated rings. The molecule has 3 heteroatoms. The van der Waals surface area contributed by atoms with E-state index < -0.39 is 11.6 Å². The van der Waals surface area contributed by atoms with Gasteiger partial charge in [-0.15, -0.1) is 0 Å². The molecule has 1 saturated heterocycles. The summed E-state index contributed by atoms with van der Waals surface area (Å²) in [5, 5.41) is 18.2. The second kappa shape index (κ2) is 2.73. The van der Waals surface area contributed by atoms with Gasteiger partial charge in [0.05, 0.1) is 0 Å². The Labute approximate surface area is 67.0 Å². The Balaban J connectivity index is 2.40. The Morgan fingerprint density at radius 2 is 1.82 bits per heavy atom. The lowest BCUT2D eigenvalue weighted by molar-refractivity contribution is -0.152. The summed E-state index contributed by atoms with van der Waals surface area (Å²) in [5.74, 6) is -1.84. The van der Waals surface area contributed by atoms with E-state index in [0.717, 1.165) is 19.3 Å². The van der Waals surface area contributed by atoms with Gasteiger partial charge in [0.2, 0.25) is 0 Å². The topological polar surface area (TPSA) is 53.0 Å². The molecule has 1 unspecified atom stereocenters. The molecule has 0 aromatic carbocycles. The van der Waals surface area contributed by atoms with Crippen LogP contribution in [0.15, 0.2) is 0 Å². The number of aliphatic hydroxyl groups is 2. The third kappa shape index (κ3) is 1.41. The number of hydrogen-bond acceptors (Lipinski definition) is 3. The summed E-state index contributed by atoms with van der Waals surface area (Å²) in [4.78, 5) is 0. The van der Waals surface area contributed by atoms with E-state index in [9.17, 15) is 0 Å². The van der Waals surface area contributed by atoms with E-state index in [1.54, 1.807) is 0 Å². The van der Waals surface area contributed by atoms with Crippen LogP contribution in [0, 0.1) is 0 Å². The zero-order valence-corrected chi connectivity index (χ0v) is 7.13. The van der Waals surface area contributed by atoms with Crippen LogP contribution in [0.5, 0.6) is 0 Å². The number of unbranched alkanes of at least 4 members (excludes halogenated alkanes) is 1. The molecule has 2 N–H and O–H groups in total. The molecule has 0 radical (unpaired) electrons. The Morgan fingerprint density at radius 3 is 2.09 bits per heavy atom. The molecule has 1 atom stereocenters. The quantitative estimate of drug-likeness (QED) is 0.476. The molecule has 1 aliphatic heterocycles. The molecule has 0 spiro atoms. The predicted octanol–water partition coefficient (Wildman–Crippen LogP) is 0.994. The van der Waals surface area contributed by atoms with Crippen LogP contribution in [0.25, 0.3) is 0 Å². The minimum absolute atomic E-state index is 0.650. The number of hydrogen-bond donors (Lipinski definition) is 2. The first kappa shape index (κ1) is 8.97. The van der Waals surface area contributed by atoms with Gasteiger partial charge < -0.3 is 14.9 Å². The van der Waals surface area contributed by atoms with Gasteiger partial charge in [-0.3, -0.25) is 0 Å². The van der Waals surface area contributed by atoms with Crippen molar-refractivity contribution in [3.8, 4) is 0 Å². The van der Waals surface area contributed by atoms with Crippen molar-refractivity contribution in [3.05, 3.63) is 0 Å². The molecular formula is C8H16O3. The lowest BCUT2D eigenvalue weighted by Gasteiger charge is -2.08. The molecule has 0 amide bonds. The summed E-state index contributed by atoms with van der Waals surface area (Å²) >= 11 is 0. The first-order chi connectivity index (χ1) is 5.08. The standard InChI is InChI=1S/C8H16O3/c1-3-5-6-7(4-2)8(9,10)11-7/h9-10H,3-6H2,1-2H3. The van der Waals surface area contributed by atoms with Gasteiger partial charge in [0.1, 0.15) is 0 Å². The molecule has 1 heterocycles. The second-order valence-corrected chi connectivity index (χ2v) is 3.16. The number of epoxide rings is 1. The predicted molar refractivity (Wildman–Crippen MR) is 40.8 cm³/mol. The first-order valence-electron chi connectivity index (χ1n) is 4.23. The molecule has 1 aliphatic rings. The van der Waals surface area contributed by atoms with Crippen molar-refractivity contribution in [2.24, 2.45) is 0 Å². The fourth-order valence-electron chi connectivity index (χ4n) is 1.40. The highest BCUT2D eigenvalue weighted by Gasteiger charge is 2.68. The zero-order chi connectivity index (χ0) is 8.54. The summed E-state index contributed by atoms with van der Waals surface area (Å²) < 4.78 is 4.85. The van der Waals surface area contributed by atoms with Crippen molar-refractivity contribution < 1.29 is 14.9 Å². The summed E-state index contributed by atoms with van der Waals surface area (Å²) in [6, 6.07) is 0. The van der Waals surface area contributed by atoms with Crippen LogP contribution in [0.1, 0.15) is 39.5 Å².